The average Bonchev–Trinajstić information content (AvgIpc) is 2.99. The van der Waals surface area contributed by atoms with Gasteiger partial charge in [0.05, 0.1) is 17.2 Å². The Hall–Kier alpha value is -2.92. The number of nitrogens with one attached hydrogen (secondary N) is 1. The zero-order chi connectivity index (χ0) is 31.7. The number of rotatable bonds is 14. The lowest BCUT2D eigenvalue weighted by Crippen LogP contribution is -2.52. The van der Waals surface area contributed by atoms with Gasteiger partial charge in [-0.1, -0.05) is 48.3 Å². The van der Waals surface area contributed by atoms with Crippen molar-refractivity contribution in [1.29, 1.82) is 0 Å². The number of hydrogen-bond donors (Lipinski definition) is 1. The number of carbonyl (C=O) groups excluding carboxylic acids is 2. The molecule has 12 heteroatoms. The van der Waals surface area contributed by atoms with Crippen LogP contribution in [0.3, 0.4) is 0 Å². The van der Waals surface area contributed by atoms with Crippen molar-refractivity contribution >= 4 is 62.5 Å². The summed E-state index contributed by atoms with van der Waals surface area (Å²) in [6.07, 6.45) is 2.59. The number of benzene rings is 3. The second-order valence-electron chi connectivity index (χ2n) is 9.80. The van der Waals surface area contributed by atoms with Crippen LogP contribution in [-0.4, -0.2) is 56.6 Å². The Labute approximate surface area is 268 Å². The maximum absolute atomic E-state index is 14.2. The Morgan fingerprint density at radius 3 is 2.16 bits per heavy atom. The van der Waals surface area contributed by atoms with Crippen molar-refractivity contribution in [3.63, 3.8) is 0 Å². The van der Waals surface area contributed by atoms with Gasteiger partial charge in [0, 0.05) is 33.1 Å². The first-order chi connectivity index (χ1) is 20.4. The predicted octanol–water partition coefficient (Wildman–Crippen LogP) is 6.64. The average molecular weight is 667 g/mol. The molecule has 0 saturated carbocycles. The summed E-state index contributed by atoms with van der Waals surface area (Å²) in [6, 6.07) is 16.9. The van der Waals surface area contributed by atoms with Crippen molar-refractivity contribution in [2.24, 2.45) is 0 Å². The molecule has 0 fully saturated rings. The summed E-state index contributed by atoms with van der Waals surface area (Å²) in [6.45, 7) is 6.74. The molecule has 0 aliphatic heterocycles. The molecular formula is C31H37Cl2N3O5S2. The summed E-state index contributed by atoms with van der Waals surface area (Å²) in [7, 11) is -4.26. The molecule has 2 amide bonds. The molecule has 1 N–H and O–H groups in total. The fourth-order valence-corrected chi connectivity index (χ4v) is 6.58. The van der Waals surface area contributed by atoms with E-state index in [2.05, 4.69) is 5.32 Å². The first kappa shape index (κ1) is 34.6. The highest BCUT2D eigenvalue weighted by Gasteiger charge is 2.34. The minimum Gasteiger partial charge on any atom is -0.492 e. The van der Waals surface area contributed by atoms with Crippen molar-refractivity contribution in [2.45, 2.75) is 62.5 Å². The van der Waals surface area contributed by atoms with Gasteiger partial charge in [-0.25, -0.2) is 8.42 Å². The first-order valence-electron chi connectivity index (χ1n) is 13.9. The molecule has 232 valence electrons. The molecule has 0 aromatic heterocycles. The van der Waals surface area contributed by atoms with E-state index < -0.39 is 28.5 Å². The number of nitrogens with zero attached hydrogens (tertiary/aromatic N) is 2. The van der Waals surface area contributed by atoms with Gasteiger partial charge in [-0.05, 0) is 82.0 Å². The van der Waals surface area contributed by atoms with Crippen molar-refractivity contribution in [1.82, 2.24) is 10.2 Å². The van der Waals surface area contributed by atoms with Gasteiger partial charge in [-0.15, -0.1) is 11.8 Å². The van der Waals surface area contributed by atoms with Gasteiger partial charge < -0.3 is 15.0 Å². The van der Waals surface area contributed by atoms with E-state index in [0.717, 1.165) is 9.20 Å². The molecule has 0 heterocycles. The van der Waals surface area contributed by atoms with Crippen LogP contribution >= 0.6 is 35.0 Å². The lowest BCUT2D eigenvalue weighted by molar-refractivity contribution is -0.139. The molecule has 8 nitrogen and oxygen atoms in total. The fraction of sp³-hybridized carbons (Fsp3) is 0.355. The Kier molecular flexibility index (Phi) is 12.6. The third kappa shape index (κ3) is 8.59. The third-order valence-electron chi connectivity index (χ3n) is 6.92. The molecule has 0 bridgehead atoms. The number of thioether (sulfide) groups is 1. The number of halogens is 2. The largest absolute Gasteiger partial charge is 0.492 e. The molecule has 0 saturated heterocycles. The Bertz CT molecular complexity index is 1500. The number of sulfonamides is 1. The van der Waals surface area contributed by atoms with E-state index in [0.29, 0.717) is 27.8 Å². The maximum Gasteiger partial charge on any atom is 0.264 e. The highest BCUT2D eigenvalue weighted by Crippen LogP contribution is 2.34. The fourth-order valence-electron chi connectivity index (χ4n) is 4.23. The molecule has 0 unspecified atom stereocenters. The summed E-state index contributed by atoms with van der Waals surface area (Å²) in [5, 5.41) is 3.54. The number of anilines is 1. The summed E-state index contributed by atoms with van der Waals surface area (Å²) >= 11 is 14.4. The Morgan fingerprint density at radius 1 is 0.953 bits per heavy atom. The van der Waals surface area contributed by atoms with Crippen LogP contribution in [0.2, 0.25) is 10.0 Å². The summed E-state index contributed by atoms with van der Waals surface area (Å²) in [4.78, 5) is 29.7. The van der Waals surface area contributed by atoms with Crippen LogP contribution in [0.4, 0.5) is 5.69 Å². The van der Waals surface area contributed by atoms with E-state index in [1.54, 1.807) is 68.4 Å². The molecule has 2 atom stereocenters. The number of hydrogen-bond acceptors (Lipinski definition) is 6. The highest BCUT2D eigenvalue weighted by molar-refractivity contribution is 7.98. The van der Waals surface area contributed by atoms with Gasteiger partial charge in [0.2, 0.25) is 11.8 Å². The molecular weight excluding hydrogens is 629 g/mol. The van der Waals surface area contributed by atoms with Gasteiger partial charge in [0.25, 0.3) is 10.0 Å². The SMILES string of the molecule is CCOc1ccccc1N(CC(=O)N(Cc1c(Cl)cccc1Cl)[C@@H](C)C(=O)N[C@@H](C)CC)S(=O)(=O)c1ccc(SC)cc1. The monoisotopic (exact) mass is 665 g/mol. The van der Waals surface area contributed by atoms with E-state index in [9.17, 15) is 18.0 Å². The lowest BCUT2D eigenvalue weighted by atomic mass is 10.1. The van der Waals surface area contributed by atoms with E-state index in [4.69, 9.17) is 27.9 Å². The summed E-state index contributed by atoms with van der Waals surface area (Å²) < 4.78 is 35.1. The van der Waals surface area contributed by atoms with Crippen LogP contribution in [0.1, 0.15) is 39.7 Å². The van der Waals surface area contributed by atoms with E-state index in [-0.39, 0.29) is 35.7 Å². The number of para-hydroxylation sites is 2. The zero-order valence-electron chi connectivity index (χ0n) is 24.8. The van der Waals surface area contributed by atoms with Gasteiger partial charge in [0.1, 0.15) is 18.3 Å². The zero-order valence-corrected chi connectivity index (χ0v) is 28.0. The molecule has 0 spiro atoms. The lowest BCUT2D eigenvalue weighted by Gasteiger charge is -2.33. The van der Waals surface area contributed by atoms with Crippen molar-refractivity contribution in [2.75, 3.05) is 23.7 Å². The van der Waals surface area contributed by atoms with Crippen LogP contribution in [-0.2, 0) is 26.2 Å². The predicted molar refractivity (Wildman–Crippen MR) is 175 cm³/mol. The number of ether oxygens (including phenoxy) is 1. The minimum absolute atomic E-state index is 0.00709. The smallest absolute Gasteiger partial charge is 0.264 e. The van der Waals surface area contributed by atoms with Crippen molar-refractivity contribution in [3.05, 3.63) is 82.3 Å². The van der Waals surface area contributed by atoms with Crippen LogP contribution in [0.15, 0.2) is 76.5 Å². The highest BCUT2D eigenvalue weighted by atomic mass is 35.5. The molecule has 3 rings (SSSR count). The van der Waals surface area contributed by atoms with E-state index in [1.165, 1.54) is 28.8 Å². The molecule has 0 radical (unpaired) electrons. The van der Waals surface area contributed by atoms with Crippen LogP contribution < -0.4 is 14.4 Å². The van der Waals surface area contributed by atoms with E-state index in [1.807, 2.05) is 20.1 Å². The van der Waals surface area contributed by atoms with Crippen LogP contribution in [0.5, 0.6) is 5.75 Å². The normalized spacial score (nSPS) is 12.7. The van der Waals surface area contributed by atoms with Gasteiger partial charge in [0.15, 0.2) is 0 Å². The number of amides is 2. The first-order valence-corrected chi connectivity index (χ1v) is 17.3. The van der Waals surface area contributed by atoms with Crippen LogP contribution in [0, 0.1) is 0 Å². The van der Waals surface area contributed by atoms with Gasteiger partial charge in [-0.3, -0.25) is 13.9 Å². The molecule has 3 aromatic rings. The quantitative estimate of drug-likeness (QED) is 0.194. The third-order valence-corrected chi connectivity index (χ3v) is 10.1. The summed E-state index contributed by atoms with van der Waals surface area (Å²) in [5.41, 5.74) is 0.637. The standard InChI is InChI=1S/C31H37Cl2N3O5S2/c1-6-21(3)34-31(38)22(4)35(19-25-26(32)11-10-12-27(25)33)30(37)20-36(28-13-8-9-14-29(28)41-7-2)43(39,40)24-17-15-23(42-5)16-18-24/h8-18,21-22H,6-7,19-20H2,1-5H3,(H,34,38)/t21-,22-/m0/s1. The van der Waals surface area contributed by atoms with Crippen molar-refractivity contribution in [3.8, 4) is 5.75 Å². The van der Waals surface area contributed by atoms with Gasteiger partial charge in [-0.2, -0.15) is 0 Å². The van der Waals surface area contributed by atoms with Crippen LogP contribution in [0.25, 0.3) is 0 Å². The van der Waals surface area contributed by atoms with E-state index >= 15 is 0 Å². The topological polar surface area (TPSA) is 96.0 Å². The Morgan fingerprint density at radius 2 is 1.58 bits per heavy atom. The van der Waals surface area contributed by atoms with Gasteiger partial charge >= 0.3 is 0 Å². The summed E-state index contributed by atoms with van der Waals surface area (Å²) in [5.74, 6) is -0.716. The number of carbonyl (C=O) groups is 2. The maximum atomic E-state index is 14.2. The second kappa shape index (κ2) is 15.7. The molecule has 0 aliphatic carbocycles. The van der Waals surface area contributed by atoms with Crippen molar-refractivity contribution < 1.29 is 22.7 Å². The molecule has 43 heavy (non-hydrogen) atoms. The minimum atomic E-state index is -4.26. The second-order valence-corrected chi connectivity index (χ2v) is 13.4. The molecule has 3 aromatic carbocycles. The Balaban J connectivity index is 2.12. The molecule has 0 aliphatic rings.